The van der Waals surface area contributed by atoms with E-state index in [0.29, 0.717) is 0 Å². The first kappa shape index (κ1) is 13.1. The van der Waals surface area contributed by atoms with Crippen LogP contribution in [-0.2, 0) is 6.42 Å². The van der Waals surface area contributed by atoms with Crippen LogP contribution in [0.25, 0.3) is 0 Å². The summed E-state index contributed by atoms with van der Waals surface area (Å²) in [6.45, 7) is 5.91. The molecule has 1 aromatic rings. The Hall–Kier alpha value is -0.340. The monoisotopic (exact) mass is 251 g/mol. The summed E-state index contributed by atoms with van der Waals surface area (Å²) >= 11 is 1.88. The number of hydrogen-bond donors (Lipinski definition) is 1. The van der Waals surface area contributed by atoms with Gasteiger partial charge in [-0.05, 0) is 42.5 Å². The fraction of sp³-hybridized carbons (Fsp3) is 0.733. The van der Waals surface area contributed by atoms with Crippen LogP contribution in [0.15, 0.2) is 17.5 Å². The van der Waals surface area contributed by atoms with Crippen molar-refractivity contribution in [2.75, 3.05) is 6.54 Å². The maximum atomic E-state index is 3.80. The Morgan fingerprint density at radius 3 is 2.88 bits per heavy atom. The third-order valence-corrected chi connectivity index (χ3v) is 4.97. The molecule has 1 aromatic heterocycles. The predicted octanol–water partition coefficient (Wildman–Crippen LogP) is 4.10. The molecule has 0 saturated heterocycles. The van der Waals surface area contributed by atoms with Gasteiger partial charge < -0.3 is 5.32 Å². The lowest BCUT2D eigenvalue weighted by atomic mass is 9.78. The zero-order chi connectivity index (χ0) is 12.1. The lowest BCUT2D eigenvalue weighted by Gasteiger charge is -2.35. The molecule has 2 rings (SSSR count). The summed E-state index contributed by atoms with van der Waals surface area (Å²) in [7, 11) is 0. The van der Waals surface area contributed by atoms with E-state index >= 15 is 0 Å². The zero-order valence-corrected chi connectivity index (χ0v) is 11.9. The summed E-state index contributed by atoms with van der Waals surface area (Å²) in [4.78, 5) is 1.51. The Bertz CT molecular complexity index is 305. The van der Waals surface area contributed by atoms with Gasteiger partial charge in [0.25, 0.3) is 0 Å². The molecular weight excluding hydrogens is 226 g/mol. The summed E-state index contributed by atoms with van der Waals surface area (Å²) in [5, 5.41) is 5.97. The van der Waals surface area contributed by atoms with E-state index in [2.05, 4.69) is 36.7 Å². The molecule has 1 heterocycles. The third kappa shape index (κ3) is 3.82. The second-order valence-corrected chi connectivity index (χ2v) is 6.61. The van der Waals surface area contributed by atoms with Crippen LogP contribution in [-0.4, -0.2) is 12.6 Å². The maximum absolute atomic E-state index is 3.80. The largest absolute Gasteiger partial charge is 0.313 e. The minimum atomic E-state index is 0.767. The highest BCUT2D eigenvalue weighted by Crippen LogP contribution is 2.30. The van der Waals surface area contributed by atoms with E-state index in [1.165, 1.54) is 37.0 Å². The zero-order valence-electron chi connectivity index (χ0n) is 11.1. The highest BCUT2D eigenvalue weighted by Gasteiger charge is 2.26. The summed E-state index contributed by atoms with van der Waals surface area (Å²) < 4.78 is 0. The van der Waals surface area contributed by atoms with Crippen molar-refractivity contribution in [3.63, 3.8) is 0 Å². The molecule has 0 radical (unpaired) electrons. The molecule has 0 aromatic carbocycles. The number of thiophene rings is 1. The molecule has 1 N–H and O–H groups in total. The van der Waals surface area contributed by atoms with Crippen molar-refractivity contribution in [3.8, 4) is 0 Å². The SMILES string of the molecule is CC(C)C1CCCCC1NCCc1cccs1. The molecule has 1 fully saturated rings. The van der Waals surface area contributed by atoms with Crippen molar-refractivity contribution in [1.29, 1.82) is 0 Å². The van der Waals surface area contributed by atoms with Crippen LogP contribution >= 0.6 is 11.3 Å². The first-order valence-electron chi connectivity index (χ1n) is 7.03. The Morgan fingerprint density at radius 1 is 1.35 bits per heavy atom. The molecule has 1 saturated carbocycles. The van der Waals surface area contributed by atoms with E-state index in [4.69, 9.17) is 0 Å². The number of rotatable bonds is 5. The molecule has 96 valence electrons. The van der Waals surface area contributed by atoms with Crippen molar-refractivity contribution >= 4 is 11.3 Å². The van der Waals surface area contributed by atoms with E-state index in [0.717, 1.165) is 24.4 Å². The standard InChI is InChI=1S/C15H25NS/c1-12(2)14-7-3-4-8-15(14)16-10-9-13-6-5-11-17-13/h5-6,11-12,14-16H,3-4,7-10H2,1-2H3. The highest BCUT2D eigenvalue weighted by atomic mass is 32.1. The van der Waals surface area contributed by atoms with E-state index in [1.54, 1.807) is 0 Å². The topological polar surface area (TPSA) is 12.0 Å². The van der Waals surface area contributed by atoms with Crippen LogP contribution in [0.3, 0.4) is 0 Å². The van der Waals surface area contributed by atoms with Gasteiger partial charge in [-0.3, -0.25) is 0 Å². The Morgan fingerprint density at radius 2 is 2.18 bits per heavy atom. The normalized spacial score (nSPS) is 25.4. The molecule has 17 heavy (non-hydrogen) atoms. The van der Waals surface area contributed by atoms with Gasteiger partial charge in [0.2, 0.25) is 0 Å². The van der Waals surface area contributed by atoms with E-state index in [1.807, 2.05) is 11.3 Å². The van der Waals surface area contributed by atoms with Gasteiger partial charge in [-0.25, -0.2) is 0 Å². The predicted molar refractivity (Wildman–Crippen MR) is 76.6 cm³/mol. The molecule has 0 amide bonds. The van der Waals surface area contributed by atoms with Gasteiger partial charge in [-0.2, -0.15) is 0 Å². The van der Waals surface area contributed by atoms with Crippen molar-refractivity contribution in [1.82, 2.24) is 5.32 Å². The van der Waals surface area contributed by atoms with Gasteiger partial charge in [0.1, 0.15) is 0 Å². The van der Waals surface area contributed by atoms with Crippen molar-refractivity contribution < 1.29 is 0 Å². The fourth-order valence-corrected chi connectivity index (χ4v) is 3.76. The second kappa shape index (κ2) is 6.55. The molecule has 2 unspecified atom stereocenters. The lowest BCUT2D eigenvalue weighted by Crippen LogP contribution is -2.41. The quantitative estimate of drug-likeness (QED) is 0.831. The molecule has 1 aliphatic rings. The minimum Gasteiger partial charge on any atom is -0.313 e. The van der Waals surface area contributed by atoms with E-state index in [9.17, 15) is 0 Å². The first-order valence-corrected chi connectivity index (χ1v) is 7.91. The van der Waals surface area contributed by atoms with Crippen LogP contribution in [0.1, 0.15) is 44.4 Å². The van der Waals surface area contributed by atoms with Crippen molar-refractivity contribution in [2.24, 2.45) is 11.8 Å². The minimum absolute atomic E-state index is 0.767. The van der Waals surface area contributed by atoms with Gasteiger partial charge in [-0.1, -0.05) is 32.8 Å². The van der Waals surface area contributed by atoms with Gasteiger partial charge in [0.15, 0.2) is 0 Å². The Balaban J connectivity index is 1.76. The van der Waals surface area contributed by atoms with Crippen LogP contribution in [0, 0.1) is 11.8 Å². The lowest BCUT2D eigenvalue weighted by molar-refractivity contribution is 0.207. The average Bonchev–Trinajstić information content (AvgIpc) is 2.82. The van der Waals surface area contributed by atoms with Crippen LogP contribution in [0.2, 0.25) is 0 Å². The van der Waals surface area contributed by atoms with Gasteiger partial charge >= 0.3 is 0 Å². The Labute approximate surface area is 110 Å². The highest BCUT2D eigenvalue weighted by molar-refractivity contribution is 7.09. The van der Waals surface area contributed by atoms with E-state index < -0.39 is 0 Å². The molecule has 0 bridgehead atoms. The van der Waals surface area contributed by atoms with Crippen LogP contribution in [0.5, 0.6) is 0 Å². The molecule has 2 heteroatoms. The number of nitrogens with one attached hydrogen (secondary N) is 1. The third-order valence-electron chi connectivity index (χ3n) is 4.03. The van der Waals surface area contributed by atoms with Gasteiger partial charge in [0.05, 0.1) is 0 Å². The summed E-state index contributed by atoms with van der Waals surface area (Å²) in [6, 6.07) is 5.16. The van der Waals surface area contributed by atoms with Crippen molar-refractivity contribution in [3.05, 3.63) is 22.4 Å². The summed E-state index contributed by atoms with van der Waals surface area (Å²) in [5.41, 5.74) is 0. The maximum Gasteiger partial charge on any atom is 0.00979 e. The molecule has 0 spiro atoms. The number of hydrogen-bond acceptors (Lipinski definition) is 2. The Kier molecular flexibility index (Phi) is 5.05. The summed E-state index contributed by atoms with van der Waals surface area (Å²) in [5.74, 6) is 1.72. The molecule has 1 nitrogen and oxygen atoms in total. The van der Waals surface area contributed by atoms with Crippen molar-refractivity contribution in [2.45, 2.75) is 52.0 Å². The first-order chi connectivity index (χ1) is 8.27. The van der Waals surface area contributed by atoms with Crippen LogP contribution < -0.4 is 5.32 Å². The van der Waals surface area contributed by atoms with Gasteiger partial charge in [-0.15, -0.1) is 11.3 Å². The van der Waals surface area contributed by atoms with E-state index in [-0.39, 0.29) is 0 Å². The second-order valence-electron chi connectivity index (χ2n) is 5.58. The summed E-state index contributed by atoms with van der Waals surface area (Å²) in [6.07, 6.45) is 6.85. The molecule has 1 aliphatic carbocycles. The molecule has 2 atom stereocenters. The molecular formula is C15H25NS. The van der Waals surface area contributed by atoms with Crippen LogP contribution in [0.4, 0.5) is 0 Å². The average molecular weight is 251 g/mol. The van der Waals surface area contributed by atoms with Gasteiger partial charge in [0, 0.05) is 17.5 Å². The fourth-order valence-electron chi connectivity index (χ4n) is 3.05. The smallest absolute Gasteiger partial charge is 0.00979 e. The molecule has 0 aliphatic heterocycles.